The maximum atomic E-state index is 12.9. The van der Waals surface area contributed by atoms with Gasteiger partial charge in [0.25, 0.3) is 5.56 Å². The van der Waals surface area contributed by atoms with Crippen molar-refractivity contribution in [2.45, 2.75) is 32.7 Å². The Morgan fingerprint density at radius 3 is 2.81 bits per heavy atom. The highest BCUT2D eigenvalue weighted by molar-refractivity contribution is 7.18. The molecule has 0 radical (unpaired) electrons. The zero-order chi connectivity index (χ0) is 18.1. The van der Waals surface area contributed by atoms with Crippen LogP contribution in [0.1, 0.15) is 23.8 Å². The van der Waals surface area contributed by atoms with Crippen molar-refractivity contribution in [2.75, 3.05) is 13.7 Å². The third-order valence-corrected chi connectivity index (χ3v) is 5.95. The van der Waals surface area contributed by atoms with Gasteiger partial charge in [0.2, 0.25) is 0 Å². The van der Waals surface area contributed by atoms with E-state index < -0.39 is 0 Å². The number of ether oxygens (including phenoxy) is 2. The molecule has 1 aromatic carbocycles. The van der Waals surface area contributed by atoms with Gasteiger partial charge in [-0.25, -0.2) is 4.68 Å². The first-order valence-electron chi connectivity index (χ1n) is 8.80. The number of thiophene rings is 1. The number of benzene rings is 1. The fourth-order valence-electron chi connectivity index (χ4n) is 3.36. The Kier molecular flexibility index (Phi) is 4.63. The molecule has 0 N–H and O–H groups in total. The summed E-state index contributed by atoms with van der Waals surface area (Å²) in [5.74, 6) is 2.18. The minimum Gasteiger partial charge on any atom is -0.497 e. The van der Waals surface area contributed by atoms with E-state index in [1.165, 1.54) is 15.1 Å². The van der Waals surface area contributed by atoms with Gasteiger partial charge in [-0.15, -0.1) is 16.4 Å². The Bertz CT molecular complexity index is 978. The molecule has 26 heavy (non-hydrogen) atoms. The number of hydrogen-bond donors (Lipinski definition) is 0. The number of methoxy groups -OCH3 is 1. The van der Waals surface area contributed by atoms with Gasteiger partial charge in [0.1, 0.15) is 18.1 Å². The lowest BCUT2D eigenvalue weighted by Gasteiger charge is -2.17. The smallest absolute Gasteiger partial charge is 0.278 e. The van der Waals surface area contributed by atoms with Crippen LogP contribution in [0.5, 0.6) is 11.5 Å². The van der Waals surface area contributed by atoms with E-state index in [1.807, 2.05) is 24.3 Å². The van der Waals surface area contributed by atoms with Crippen molar-refractivity contribution >= 4 is 21.6 Å². The average molecular weight is 371 g/mol. The maximum Gasteiger partial charge on any atom is 0.278 e. The Morgan fingerprint density at radius 2 is 2.04 bits per heavy atom. The Balaban J connectivity index is 1.51. The summed E-state index contributed by atoms with van der Waals surface area (Å²) >= 11 is 1.62. The minimum absolute atomic E-state index is 0.0552. The van der Waals surface area contributed by atoms with Crippen molar-refractivity contribution in [1.82, 2.24) is 15.0 Å². The molecule has 0 amide bonds. The molecule has 0 saturated heterocycles. The van der Waals surface area contributed by atoms with E-state index in [9.17, 15) is 4.79 Å². The second-order valence-electron chi connectivity index (χ2n) is 6.67. The lowest BCUT2D eigenvalue weighted by atomic mass is 9.89. The van der Waals surface area contributed by atoms with Crippen LogP contribution in [0.4, 0.5) is 0 Å². The van der Waals surface area contributed by atoms with Crippen LogP contribution in [0.2, 0.25) is 0 Å². The number of hydrogen-bond acceptors (Lipinski definition) is 6. The first-order valence-corrected chi connectivity index (χ1v) is 9.62. The normalized spacial score (nSPS) is 16.5. The van der Waals surface area contributed by atoms with Gasteiger partial charge in [-0.05, 0) is 55.0 Å². The van der Waals surface area contributed by atoms with E-state index in [0.717, 1.165) is 41.0 Å². The fourth-order valence-corrected chi connectivity index (χ4v) is 4.68. The molecule has 1 atom stereocenters. The minimum atomic E-state index is -0.0552. The third kappa shape index (κ3) is 3.19. The summed E-state index contributed by atoms with van der Waals surface area (Å²) < 4.78 is 12.2. The standard InChI is InChI=1S/C19H21N3O3S/c1-12-3-8-15-16(11-12)26-18-17(15)19(23)22(21-20-18)9-10-25-14-6-4-13(24-2)5-7-14/h4-7,12H,3,8-11H2,1-2H3/t12-/m0/s1. The molecule has 136 valence electrons. The van der Waals surface area contributed by atoms with Gasteiger partial charge in [-0.1, -0.05) is 12.1 Å². The first-order chi connectivity index (χ1) is 12.7. The van der Waals surface area contributed by atoms with Crippen LogP contribution in [0.3, 0.4) is 0 Å². The average Bonchev–Trinajstić information content (AvgIpc) is 3.02. The van der Waals surface area contributed by atoms with E-state index in [0.29, 0.717) is 19.1 Å². The van der Waals surface area contributed by atoms with Crippen LogP contribution in [-0.4, -0.2) is 28.7 Å². The predicted octanol–water partition coefficient (Wildman–Crippen LogP) is 3.07. The molecular formula is C19H21N3O3S. The van der Waals surface area contributed by atoms with Gasteiger partial charge in [-0.2, -0.15) is 0 Å². The summed E-state index contributed by atoms with van der Waals surface area (Å²) in [5.41, 5.74) is 1.13. The van der Waals surface area contributed by atoms with E-state index in [1.54, 1.807) is 18.4 Å². The van der Waals surface area contributed by atoms with Gasteiger partial charge < -0.3 is 9.47 Å². The van der Waals surface area contributed by atoms with Crippen molar-refractivity contribution in [3.05, 3.63) is 45.1 Å². The quantitative estimate of drug-likeness (QED) is 0.690. The van der Waals surface area contributed by atoms with Crippen LogP contribution in [0.15, 0.2) is 29.1 Å². The molecule has 0 fully saturated rings. The summed E-state index contributed by atoms with van der Waals surface area (Å²) in [6, 6.07) is 7.36. The molecular weight excluding hydrogens is 350 g/mol. The number of fused-ring (bicyclic) bond motifs is 3. The number of aryl methyl sites for hydroxylation is 1. The number of nitrogens with zero attached hydrogens (tertiary/aromatic N) is 3. The molecule has 0 aliphatic heterocycles. The molecule has 4 rings (SSSR count). The van der Waals surface area contributed by atoms with Gasteiger partial charge >= 0.3 is 0 Å². The highest BCUT2D eigenvalue weighted by Gasteiger charge is 2.23. The molecule has 0 bridgehead atoms. The van der Waals surface area contributed by atoms with Crippen molar-refractivity contribution in [1.29, 1.82) is 0 Å². The zero-order valence-corrected chi connectivity index (χ0v) is 15.7. The van der Waals surface area contributed by atoms with E-state index >= 15 is 0 Å². The van der Waals surface area contributed by atoms with Crippen molar-refractivity contribution in [3.63, 3.8) is 0 Å². The number of rotatable bonds is 5. The lowest BCUT2D eigenvalue weighted by Crippen LogP contribution is -2.27. The zero-order valence-electron chi connectivity index (χ0n) is 14.9. The van der Waals surface area contributed by atoms with Gasteiger partial charge in [0.05, 0.1) is 19.0 Å². The van der Waals surface area contributed by atoms with Gasteiger partial charge in [0.15, 0.2) is 4.83 Å². The third-order valence-electron chi connectivity index (χ3n) is 4.82. The molecule has 0 saturated carbocycles. The van der Waals surface area contributed by atoms with E-state index in [4.69, 9.17) is 9.47 Å². The topological polar surface area (TPSA) is 66.2 Å². The molecule has 3 aromatic rings. The monoisotopic (exact) mass is 371 g/mol. The molecule has 0 unspecified atom stereocenters. The lowest BCUT2D eigenvalue weighted by molar-refractivity contribution is 0.285. The molecule has 6 nitrogen and oxygen atoms in total. The van der Waals surface area contributed by atoms with Crippen molar-refractivity contribution in [2.24, 2.45) is 5.92 Å². The van der Waals surface area contributed by atoms with Gasteiger partial charge in [-0.3, -0.25) is 4.79 Å². The van der Waals surface area contributed by atoms with E-state index in [-0.39, 0.29) is 5.56 Å². The van der Waals surface area contributed by atoms with Crippen molar-refractivity contribution in [3.8, 4) is 11.5 Å². The van der Waals surface area contributed by atoms with Crippen molar-refractivity contribution < 1.29 is 9.47 Å². The summed E-state index contributed by atoms with van der Waals surface area (Å²) in [5, 5.41) is 9.13. The van der Waals surface area contributed by atoms with Crippen LogP contribution in [-0.2, 0) is 19.4 Å². The fraction of sp³-hybridized carbons (Fsp3) is 0.421. The van der Waals surface area contributed by atoms with Crippen LogP contribution < -0.4 is 15.0 Å². The Morgan fingerprint density at radius 1 is 1.27 bits per heavy atom. The predicted molar refractivity (Wildman–Crippen MR) is 101 cm³/mol. The Labute approximate surface area is 155 Å². The van der Waals surface area contributed by atoms with Gasteiger partial charge in [0, 0.05) is 4.88 Å². The summed E-state index contributed by atoms with van der Waals surface area (Å²) in [4.78, 5) is 14.9. The first kappa shape index (κ1) is 17.0. The largest absolute Gasteiger partial charge is 0.497 e. The number of aromatic nitrogens is 3. The second kappa shape index (κ2) is 7.07. The van der Waals surface area contributed by atoms with Crippen LogP contribution in [0, 0.1) is 5.92 Å². The molecule has 1 aliphatic rings. The molecule has 0 spiro atoms. The van der Waals surface area contributed by atoms with Crippen LogP contribution in [0.25, 0.3) is 10.2 Å². The highest BCUT2D eigenvalue weighted by atomic mass is 32.1. The molecule has 1 aliphatic carbocycles. The Hall–Kier alpha value is -2.41. The summed E-state index contributed by atoms with van der Waals surface area (Å²) in [6.07, 6.45) is 3.12. The SMILES string of the molecule is COc1ccc(OCCn2nnc3sc4c(c3c2=O)CC[C@H](C)C4)cc1. The van der Waals surface area contributed by atoms with E-state index in [2.05, 4.69) is 17.2 Å². The van der Waals surface area contributed by atoms with Crippen LogP contribution >= 0.6 is 11.3 Å². The maximum absolute atomic E-state index is 12.9. The summed E-state index contributed by atoms with van der Waals surface area (Å²) in [7, 11) is 1.63. The highest BCUT2D eigenvalue weighted by Crippen LogP contribution is 2.35. The molecule has 7 heteroatoms. The summed E-state index contributed by atoms with van der Waals surface area (Å²) in [6.45, 7) is 2.98. The second-order valence-corrected chi connectivity index (χ2v) is 7.76. The molecule has 2 aromatic heterocycles. The molecule has 2 heterocycles.